The molecule has 3 aromatic rings. The van der Waals surface area contributed by atoms with E-state index in [0.29, 0.717) is 19.2 Å². The van der Waals surface area contributed by atoms with Gasteiger partial charge < -0.3 is 8.98 Å². The second-order valence-corrected chi connectivity index (χ2v) is 6.22. The maximum Gasteiger partial charge on any atom is 0.161 e. The van der Waals surface area contributed by atoms with E-state index in [1.54, 1.807) is 12.3 Å². The average Bonchev–Trinajstić information content (AvgIpc) is 3.22. The average molecular weight is 346 g/mol. The van der Waals surface area contributed by atoms with Crippen molar-refractivity contribution in [1.82, 2.24) is 9.47 Å². The summed E-state index contributed by atoms with van der Waals surface area (Å²) in [5, 5.41) is 0. The van der Waals surface area contributed by atoms with E-state index in [4.69, 9.17) is 4.42 Å². The van der Waals surface area contributed by atoms with Crippen molar-refractivity contribution < 1.29 is 17.6 Å². The molecule has 130 valence electrons. The van der Waals surface area contributed by atoms with Crippen molar-refractivity contribution in [3.63, 3.8) is 0 Å². The highest BCUT2D eigenvalue weighted by Crippen LogP contribution is 2.35. The van der Waals surface area contributed by atoms with Gasteiger partial charge in [-0.3, -0.25) is 4.90 Å². The lowest BCUT2D eigenvalue weighted by Crippen LogP contribution is -2.30. The van der Waals surface area contributed by atoms with Crippen LogP contribution in [0.2, 0.25) is 0 Å². The largest absolute Gasteiger partial charge is 0.468 e. The van der Waals surface area contributed by atoms with Gasteiger partial charge in [0.25, 0.3) is 0 Å². The molecule has 1 aliphatic rings. The van der Waals surface area contributed by atoms with E-state index in [0.717, 1.165) is 30.5 Å². The highest BCUT2D eigenvalue weighted by Gasteiger charge is 2.31. The fraction of sp³-hybridized carbons (Fsp3) is 0.263. The van der Waals surface area contributed by atoms with Crippen LogP contribution in [0.4, 0.5) is 13.2 Å². The number of aryl methyl sites for hydroxylation is 1. The number of furan rings is 1. The Bertz CT molecular complexity index is 873. The molecular weight excluding hydrogens is 329 g/mol. The van der Waals surface area contributed by atoms with Gasteiger partial charge in [-0.05, 0) is 36.8 Å². The van der Waals surface area contributed by atoms with E-state index in [2.05, 4.69) is 0 Å². The number of halogens is 3. The molecule has 1 aliphatic heterocycles. The van der Waals surface area contributed by atoms with Crippen molar-refractivity contribution in [2.45, 2.75) is 25.6 Å². The monoisotopic (exact) mass is 346 g/mol. The molecule has 0 saturated carbocycles. The summed E-state index contributed by atoms with van der Waals surface area (Å²) in [5.74, 6) is -2.23. The second-order valence-electron chi connectivity index (χ2n) is 6.22. The van der Waals surface area contributed by atoms with Crippen LogP contribution >= 0.6 is 0 Å². The molecule has 6 heteroatoms. The fourth-order valence-corrected chi connectivity index (χ4v) is 3.52. The molecule has 0 saturated heterocycles. The lowest BCUT2D eigenvalue weighted by atomic mass is 10.0. The molecule has 1 unspecified atom stereocenters. The molecule has 25 heavy (non-hydrogen) atoms. The molecule has 0 radical (unpaired) electrons. The Morgan fingerprint density at radius 1 is 1.00 bits per heavy atom. The topological polar surface area (TPSA) is 21.3 Å². The van der Waals surface area contributed by atoms with Crippen molar-refractivity contribution in [1.29, 1.82) is 0 Å². The summed E-state index contributed by atoms with van der Waals surface area (Å²) >= 11 is 0. The first-order valence-corrected chi connectivity index (χ1v) is 8.19. The highest BCUT2D eigenvalue weighted by atomic mass is 19.2. The highest BCUT2D eigenvalue weighted by molar-refractivity contribution is 5.32. The summed E-state index contributed by atoms with van der Waals surface area (Å²) in [5.41, 5.74) is 0.987. The van der Waals surface area contributed by atoms with Gasteiger partial charge in [0, 0.05) is 36.6 Å². The number of hydrogen-bond donors (Lipinski definition) is 0. The van der Waals surface area contributed by atoms with E-state index in [9.17, 15) is 13.2 Å². The predicted molar refractivity (Wildman–Crippen MR) is 86.3 cm³/mol. The Balaban J connectivity index is 1.82. The van der Waals surface area contributed by atoms with Crippen molar-refractivity contribution >= 4 is 0 Å². The molecule has 3 heterocycles. The van der Waals surface area contributed by atoms with Gasteiger partial charge in [0.05, 0.1) is 18.8 Å². The second kappa shape index (κ2) is 6.44. The van der Waals surface area contributed by atoms with Gasteiger partial charge in [-0.2, -0.15) is 0 Å². The number of fused-ring (bicyclic) bond motifs is 1. The number of hydrogen-bond acceptors (Lipinski definition) is 2. The van der Waals surface area contributed by atoms with Crippen molar-refractivity contribution in [3.8, 4) is 0 Å². The van der Waals surface area contributed by atoms with Gasteiger partial charge in [0.2, 0.25) is 0 Å². The SMILES string of the molecule is Fc1cc(F)c(C2c3cccn3CCCN2Cc2ccco2)cc1F. The van der Waals surface area contributed by atoms with Gasteiger partial charge in [-0.15, -0.1) is 0 Å². The number of benzene rings is 1. The fourth-order valence-electron chi connectivity index (χ4n) is 3.52. The van der Waals surface area contributed by atoms with Crippen LogP contribution in [-0.4, -0.2) is 16.0 Å². The molecule has 0 amide bonds. The first-order valence-electron chi connectivity index (χ1n) is 8.19. The van der Waals surface area contributed by atoms with Crippen LogP contribution in [0, 0.1) is 17.5 Å². The minimum Gasteiger partial charge on any atom is -0.468 e. The van der Waals surface area contributed by atoms with E-state index >= 15 is 0 Å². The lowest BCUT2D eigenvalue weighted by molar-refractivity contribution is 0.199. The third-order valence-corrected chi connectivity index (χ3v) is 4.63. The smallest absolute Gasteiger partial charge is 0.161 e. The van der Waals surface area contributed by atoms with Gasteiger partial charge in [-0.1, -0.05) is 0 Å². The van der Waals surface area contributed by atoms with Crippen LogP contribution in [0.1, 0.15) is 29.5 Å². The summed E-state index contributed by atoms with van der Waals surface area (Å²) in [6.45, 7) is 1.94. The maximum absolute atomic E-state index is 14.5. The molecule has 3 nitrogen and oxygen atoms in total. The molecule has 0 bridgehead atoms. The molecule has 2 aromatic heterocycles. The Labute approximate surface area is 143 Å². The van der Waals surface area contributed by atoms with Crippen molar-refractivity contribution in [3.05, 3.63) is 83.3 Å². The van der Waals surface area contributed by atoms with Gasteiger partial charge in [0.15, 0.2) is 11.6 Å². The Morgan fingerprint density at radius 3 is 2.64 bits per heavy atom. The van der Waals surface area contributed by atoms with Gasteiger partial charge in [0.1, 0.15) is 11.6 Å². The third kappa shape index (κ3) is 2.98. The van der Waals surface area contributed by atoms with E-state index in [-0.39, 0.29) is 5.56 Å². The zero-order chi connectivity index (χ0) is 17.4. The lowest BCUT2D eigenvalue weighted by Gasteiger charge is -2.30. The molecular formula is C19H17F3N2O. The standard InChI is InChI=1S/C19H17F3N2O/c20-15-11-17(22)16(21)10-14(15)19-18-5-1-6-23(18)7-3-8-24(19)12-13-4-2-9-25-13/h1-2,4-6,9-11,19H,3,7-8,12H2. The first kappa shape index (κ1) is 16.0. The van der Waals surface area contributed by atoms with Gasteiger partial charge in [-0.25, -0.2) is 13.2 Å². The zero-order valence-corrected chi connectivity index (χ0v) is 13.5. The molecule has 0 fully saturated rings. The summed E-state index contributed by atoms with van der Waals surface area (Å²) in [6, 6.07) is 8.49. The molecule has 1 aromatic carbocycles. The van der Waals surface area contributed by atoms with Crippen LogP contribution in [0.5, 0.6) is 0 Å². The molecule has 0 aliphatic carbocycles. The van der Waals surface area contributed by atoms with Crippen molar-refractivity contribution in [2.75, 3.05) is 6.54 Å². The van der Waals surface area contributed by atoms with Crippen molar-refractivity contribution in [2.24, 2.45) is 0 Å². The zero-order valence-electron chi connectivity index (χ0n) is 13.5. The normalized spacial score (nSPS) is 18.1. The summed E-state index contributed by atoms with van der Waals surface area (Å²) in [4.78, 5) is 2.04. The minimum absolute atomic E-state index is 0.132. The van der Waals surface area contributed by atoms with E-state index in [1.165, 1.54) is 0 Å². The maximum atomic E-state index is 14.5. The summed E-state index contributed by atoms with van der Waals surface area (Å²) in [7, 11) is 0. The Morgan fingerprint density at radius 2 is 1.84 bits per heavy atom. The molecule has 4 rings (SSSR count). The minimum atomic E-state index is -1.18. The van der Waals surface area contributed by atoms with E-state index < -0.39 is 23.5 Å². The van der Waals surface area contributed by atoms with Crippen LogP contribution < -0.4 is 0 Å². The van der Waals surface area contributed by atoms with Crippen LogP contribution in [0.15, 0.2) is 53.3 Å². The van der Waals surface area contributed by atoms with Gasteiger partial charge >= 0.3 is 0 Å². The molecule has 0 N–H and O–H groups in total. The van der Waals surface area contributed by atoms with Crippen LogP contribution in [0.25, 0.3) is 0 Å². The third-order valence-electron chi connectivity index (χ3n) is 4.63. The first-order chi connectivity index (χ1) is 12.1. The number of nitrogens with zero attached hydrogens (tertiary/aromatic N) is 2. The summed E-state index contributed by atoms with van der Waals surface area (Å²) in [6.07, 6.45) is 4.38. The Kier molecular flexibility index (Phi) is 4.13. The van der Waals surface area contributed by atoms with Crippen LogP contribution in [-0.2, 0) is 13.1 Å². The number of rotatable bonds is 3. The Hall–Kier alpha value is -2.47. The molecule has 1 atom stereocenters. The quantitative estimate of drug-likeness (QED) is 0.652. The molecule has 0 spiro atoms. The summed E-state index contributed by atoms with van der Waals surface area (Å²) < 4.78 is 49.2. The van der Waals surface area contributed by atoms with E-state index in [1.807, 2.05) is 33.9 Å². The number of aromatic nitrogens is 1. The predicted octanol–water partition coefficient (Wildman–Crippen LogP) is 4.49. The van der Waals surface area contributed by atoms with Crippen LogP contribution in [0.3, 0.4) is 0 Å².